The summed E-state index contributed by atoms with van der Waals surface area (Å²) in [5.74, 6) is -1.20. The molecular weight excluding hydrogens is 296 g/mol. The van der Waals surface area contributed by atoms with Gasteiger partial charge in [-0.3, -0.25) is 11.2 Å². The number of aromatic nitrogens is 4. The summed E-state index contributed by atoms with van der Waals surface area (Å²) in [5, 5.41) is 0.131. The molecule has 0 aromatic carbocycles. The fourth-order valence-corrected chi connectivity index (χ4v) is 2.21. The second-order valence-electron chi connectivity index (χ2n) is 4.24. The van der Waals surface area contributed by atoms with Crippen molar-refractivity contribution in [3.8, 4) is 0 Å². The summed E-state index contributed by atoms with van der Waals surface area (Å²) in [4.78, 5) is 28.4. The number of nitrogens with one attached hydrogen (secondary N) is 1. The van der Waals surface area contributed by atoms with E-state index >= 15 is 0 Å². The zero-order valence-corrected chi connectivity index (χ0v) is 11.1. The van der Waals surface area contributed by atoms with Crippen LogP contribution in [0.3, 0.4) is 0 Å². The number of fused-ring (bicyclic) bond motifs is 2. The van der Waals surface area contributed by atoms with Crippen LogP contribution in [-0.4, -0.2) is 48.6 Å². The molecular formula is C10H7ClN10. The highest BCUT2D eigenvalue weighted by molar-refractivity contribution is 6.94. The van der Waals surface area contributed by atoms with Crippen molar-refractivity contribution in [2.24, 2.45) is 25.7 Å². The van der Waals surface area contributed by atoms with Crippen LogP contribution in [0.15, 0.2) is 38.8 Å². The van der Waals surface area contributed by atoms with Crippen LogP contribution < -0.4 is 11.2 Å². The first-order chi connectivity index (χ1) is 10.1. The molecule has 0 fully saturated rings. The Hall–Kier alpha value is -2.72. The quantitative estimate of drug-likeness (QED) is 0.720. The number of amidine groups is 1. The lowest BCUT2D eigenvalue weighted by molar-refractivity contribution is 0.484. The summed E-state index contributed by atoms with van der Waals surface area (Å²) in [6.07, 6.45) is 5.83. The molecule has 10 nitrogen and oxygen atoms in total. The van der Waals surface area contributed by atoms with Crippen molar-refractivity contribution in [1.29, 1.82) is 0 Å². The van der Waals surface area contributed by atoms with Crippen LogP contribution in [0.4, 0.5) is 0 Å². The van der Waals surface area contributed by atoms with Gasteiger partial charge in [-0.15, -0.1) is 0 Å². The minimum atomic E-state index is -1.52. The number of nitrogens with two attached hydrogens (primary N) is 1. The number of halogens is 1. The van der Waals surface area contributed by atoms with Crippen LogP contribution in [0.1, 0.15) is 0 Å². The lowest BCUT2D eigenvalue weighted by Crippen LogP contribution is -2.52. The van der Waals surface area contributed by atoms with E-state index in [1.807, 2.05) is 0 Å². The number of rotatable bonds is 2. The summed E-state index contributed by atoms with van der Waals surface area (Å²) < 4.78 is 1.50. The second kappa shape index (κ2) is 4.14. The van der Waals surface area contributed by atoms with E-state index in [9.17, 15) is 0 Å². The molecule has 2 aromatic rings. The molecule has 2 aromatic heterocycles. The third-order valence-corrected chi connectivity index (χ3v) is 3.08. The van der Waals surface area contributed by atoms with Crippen molar-refractivity contribution in [2.75, 3.05) is 5.43 Å². The van der Waals surface area contributed by atoms with Crippen LogP contribution in [0.25, 0.3) is 11.2 Å². The van der Waals surface area contributed by atoms with Crippen LogP contribution >= 0.6 is 11.6 Å². The predicted molar refractivity (Wildman–Crippen MR) is 78.3 cm³/mol. The predicted octanol–water partition coefficient (Wildman–Crippen LogP) is -0.528. The van der Waals surface area contributed by atoms with Gasteiger partial charge in [0, 0.05) is 0 Å². The second-order valence-corrected chi connectivity index (χ2v) is 4.60. The van der Waals surface area contributed by atoms with Gasteiger partial charge in [0.25, 0.3) is 0 Å². The molecule has 0 aliphatic carbocycles. The number of imidazole rings is 1. The minimum Gasteiger partial charge on any atom is -0.268 e. The molecule has 2 aliphatic heterocycles. The van der Waals surface area contributed by atoms with E-state index < -0.39 is 5.91 Å². The smallest absolute Gasteiger partial charge is 0.268 e. The third kappa shape index (κ3) is 1.88. The van der Waals surface area contributed by atoms with Gasteiger partial charge in [-0.2, -0.15) is 4.99 Å². The first-order valence-corrected chi connectivity index (χ1v) is 6.19. The fraction of sp³-hybridized carbons (Fsp3) is 0.100. The molecule has 104 valence electrons. The highest BCUT2D eigenvalue weighted by Gasteiger charge is 2.34. The number of hydrogen-bond acceptors (Lipinski definition) is 9. The Morgan fingerprint density at radius 1 is 1.29 bits per heavy atom. The van der Waals surface area contributed by atoms with Gasteiger partial charge in [0.15, 0.2) is 16.7 Å². The van der Waals surface area contributed by atoms with E-state index in [0.717, 1.165) is 0 Å². The van der Waals surface area contributed by atoms with Crippen molar-refractivity contribution in [3.05, 3.63) is 18.9 Å². The zero-order chi connectivity index (χ0) is 14.4. The Balaban J connectivity index is 1.75. The van der Waals surface area contributed by atoms with E-state index in [1.54, 1.807) is 6.20 Å². The van der Waals surface area contributed by atoms with Crippen molar-refractivity contribution >= 4 is 45.8 Å². The molecule has 0 radical (unpaired) electrons. The van der Waals surface area contributed by atoms with Crippen LogP contribution in [0, 0.1) is 0 Å². The third-order valence-electron chi connectivity index (χ3n) is 2.82. The maximum Gasteiger partial charge on any atom is 0.301 e. The molecule has 0 saturated heterocycles. The van der Waals surface area contributed by atoms with Gasteiger partial charge in [0.1, 0.15) is 30.2 Å². The monoisotopic (exact) mass is 302 g/mol. The molecule has 4 rings (SSSR count). The van der Waals surface area contributed by atoms with Gasteiger partial charge in [-0.1, -0.05) is 11.6 Å². The Morgan fingerprint density at radius 2 is 2.19 bits per heavy atom. The maximum atomic E-state index is 6.10. The van der Waals surface area contributed by atoms with Gasteiger partial charge < -0.3 is 0 Å². The first-order valence-electron chi connectivity index (χ1n) is 5.81. The number of hydrogen-bond donors (Lipinski definition) is 2. The van der Waals surface area contributed by atoms with E-state index in [-0.39, 0.29) is 5.17 Å². The van der Waals surface area contributed by atoms with Gasteiger partial charge in [0.2, 0.25) is 0 Å². The Morgan fingerprint density at radius 3 is 3.10 bits per heavy atom. The van der Waals surface area contributed by atoms with Gasteiger partial charge in [0.05, 0.1) is 6.20 Å². The number of nitrogens with zero attached hydrogens (tertiary/aromatic N) is 8. The first kappa shape index (κ1) is 12.1. The molecule has 21 heavy (non-hydrogen) atoms. The highest BCUT2D eigenvalue weighted by atomic mass is 35.5. The Bertz CT molecular complexity index is 862. The molecule has 11 heteroatoms. The topological polar surface area (TPSA) is 131 Å². The molecule has 2 aliphatic rings. The van der Waals surface area contributed by atoms with E-state index in [0.29, 0.717) is 22.7 Å². The molecule has 0 saturated carbocycles. The van der Waals surface area contributed by atoms with E-state index in [1.165, 1.54) is 23.7 Å². The average Bonchev–Trinajstić information content (AvgIpc) is 3.06. The van der Waals surface area contributed by atoms with Crippen LogP contribution in [0.5, 0.6) is 0 Å². The van der Waals surface area contributed by atoms with Crippen molar-refractivity contribution in [1.82, 2.24) is 19.6 Å². The van der Waals surface area contributed by atoms with Gasteiger partial charge >= 0.3 is 5.91 Å². The lowest BCUT2D eigenvalue weighted by atomic mass is 10.3. The molecule has 1 unspecified atom stereocenters. The van der Waals surface area contributed by atoms with Gasteiger partial charge in [-0.05, 0) is 0 Å². The zero-order valence-electron chi connectivity index (χ0n) is 10.3. The molecule has 1 atom stereocenters. The largest absolute Gasteiger partial charge is 0.301 e. The fourth-order valence-electron chi connectivity index (χ4n) is 1.95. The van der Waals surface area contributed by atoms with Crippen molar-refractivity contribution < 1.29 is 0 Å². The van der Waals surface area contributed by atoms with Crippen molar-refractivity contribution in [2.45, 2.75) is 5.91 Å². The summed E-state index contributed by atoms with van der Waals surface area (Å²) in [7, 11) is 0. The SMILES string of the molecule is NC1(Nn2cnc3cncnc32)N=C(Cl)C2=NC=NC2=N1. The van der Waals surface area contributed by atoms with Gasteiger partial charge in [-0.25, -0.2) is 34.6 Å². The summed E-state index contributed by atoms with van der Waals surface area (Å²) in [6, 6.07) is 0. The van der Waals surface area contributed by atoms with Crippen LogP contribution in [-0.2, 0) is 0 Å². The number of aliphatic imine (C=N–C) groups is 4. The average molecular weight is 303 g/mol. The molecule has 4 heterocycles. The Labute approximate surface area is 122 Å². The van der Waals surface area contributed by atoms with E-state index in [2.05, 4.69) is 40.3 Å². The van der Waals surface area contributed by atoms with Crippen molar-refractivity contribution in [3.63, 3.8) is 0 Å². The Kier molecular flexibility index (Phi) is 2.37. The van der Waals surface area contributed by atoms with Crippen LogP contribution in [0.2, 0.25) is 0 Å². The highest BCUT2D eigenvalue weighted by Crippen LogP contribution is 2.17. The molecule has 0 spiro atoms. The molecule has 0 bridgehead atoms. The summed E-state index contributed by atoms with van der Waals surface area (Å²) >= 11 is 6.05. The lowest BCUT2D eigenvalue weighted by Gasteiger charge is -2.26. The van der Waals surface area contributed by atoms with E-state index in [4.69, 9.17) is 17.3 Å². The maximum absolute atomic E-state index is 6.10. The summed E-state index contributed by atoms with van der Waals surface area (Å²) in [6.45, 7) is 0. The molecule has 3 N–H and O–H groups in total. The molecule has 0 amide bonds. The summed E-state index contributed by atoms with van der Waals surface area (Å²) in [5.41, 5.74) is 10.5. The normalized spacial score (nSPS) is 23.6. The standard InChI is InChI=1S/C10H7ClN10/c11-7-6-8(15-3-14-6)19-10(12,18-7)20-21-4-17-5-1-13-2-16-9(5)21/h1-4,20H,12H2. The minimum absolute atomic E-state index is 0.131.